The number of rotatable bonds is 2. The molecular formula is C19H22ClN7O3. The smallest absolute Gasteiger partial charge is 0.408 e. The van der Waals surface area contributed by atoms with Gasteiger partial charge in [-0.05, 0) is 25.3 Å². The van der Waals surface area contributed by atoms with Crippen molar-refractivity contribution in [2.24, 2.45) is 7.05 Å². The Balaban J connectivity index is 0.00000218. The number of fused-ring (bicyclic) bond motifs is 2. The number of aromatic amines is 1. The summed E-state index contributed by atoms with van der Waals surface area (Å²) in [7, 11) is 1.61. The zero-order valence-corrected chi connectivity index (χ0v) is 17.3. The van der Waals surface area contributed by atoms with Gasteiger partial charge in [0, 0.05) is 26.3 Å². The van der Waals surface area contributed by atoms with E-state index in [4.69, 9.17) is 4.74 Å². The maximum Gasteiger partial charge on any atom is 0.408 e. The number of hydrogen-bond acceptors (Lipinski definition) is 6. The molecule has 0 spiro atoms. The fourth-order valence-electron chi connectivity index (χ4n) is 3.90. The van der Waals surface area contributed by atoms with E-state index in [1.165, 1.54) is 15.5 Å². The number of nitrogens with one attached hydrogen (secondary N) is 1. The predicted octanol–water partition coefficient (Wildman–Crippen LogP) is -2.60. The molecule has 1 saturated heterocycles. The molecule has 0 saturated carbocycles. The number of ether oxygens (including phenoxy) is 1. The molecule has 0 radical (unpaired) electrons. The van der Waals surface area contributed by atoms with E-state index in [0.29, 0.717) is 35.9 Å². The Hall–Kier alpha value is -3.14. The van der Waals surface area contributed by atoms with Crippen LogP contribution in [0.25, 0.3) is 5.65 Å². The SMILES string of the molecule is Cn1nc2cc(N3CCOc4cc(C(=O)N5CCCCC5)cnc43)[nH+]cn2c1=O.[Cl-]. The van der Waals surface area contributed by atoms with Gasteiger partial charge in [0.25, 0.3) is 5.91 Å². The summed E-state index contributed by atoms with van der Waals surface area (Å²) in [5, 5.41) is 4.23. The van der Waals surface area contributed by atoms with E-state index in [1.54, 1.807) is 31.7 Å². The van der Waals surface area contributed by atoms with Gasteiger partial charge in [-0.25, -0.2) is 19.4 Å². The maximum atomic E-state index is 12.8. The monoisotopic (exact) mass is 431 g/mol. The molecule has 158 valence electrons. The van der Waals surface area contributed by atoms with Crippen molar-refractivity contribution in [1.82, 2.24) is 24.1 Å². The summed E-state index contributed by atoms with van der Waals surface area (Å²) in [5.74, 6) is 1.95. The molecule has 0 unspecified atom stereocenters. The van der Waals surface area contributed by atoms with Gasteiger partial charge >= 0.3 is 5.69 Å². The molecular weight excluding hydrogens is 410 g/mol. The van der Waals surface area contributed by atoms with Gasteiger partial charge < -0.3 is 22.0 Å². The number of anilines is 2. The molecule has 1 fully saturated rings. The van der Waals surface area contributed by atoms with E-state index in [9.17, 15) is 9.59 Å². The zero-order valence-electron chi connectivity index (χ0n) is 16.5. The van der Waals surface area contributed by atoms with E-state index >= 15 is 0 Å². The number of piperidine rings is 1. The molecule has 2 aliphatic rings. The second-order valence-corrected chi connectivity index (χ2v) is 7.34. The summed E-state index contributed by atoms with van der Waals surface area (Å²) in [5.41, 5.74) is 0.864. The third-order valence-corrected chi connectivity index (χ3v) is 5.43. The minimum absolute atomic E-state index is 0. The normalized spacial score (nSPS) is 16.0. The Kier molecular flexibility index (Phi) is 5.33. The van der Waals surface area contributed by atoms with Gasteiger partial charge in [-0.15, -0.1) is 5.10 Å². The molecule has 30 heavy (non-hydrogen) atoms. The van der Waals surface area contributed by atoms with Crippen molar-refractivity contribution < 1.29 is 26.9 Å². The molecule has 0 bridgehead atoms. The van der Waals surface area contributed by atoms with Crippen LogP contribution in [0.1, 0.15) is 29.6 Å². The quantitative estimate of drug-likeness (QED) is 0.441. The van der Waals surface area contributed by atoms with Gasteiger partial charge in [0.1, 0.15) is 13.2 Å². The molecule has 3 aromatic heterocycles. The van der Waals surface area contributed by atoms with E-state index in [2.05, 4.69) is 15.1 Å². The molecule has 10 nitrogen and oxygen atoms in total. The van der Waals surface area contributed by atoms with Crippen LogP contribution in [0.4, 0.5) is 11.6 Å². The van der Waals surface area contributed by atoms with E-state index in [-0.39, 0.29) is 24.0 Å². The molecule has 0 aromatic carbocycles. The van der Waals surface area contributed by atoms with Crippen molar-refractivity contribution in [3.63, 3.8) is 0 Å². The lowest BCUT2D eigenvalue weighted by Crippen LogP contribution is -3.00. The first kappa shape index (κ1) is 20.1. The molecule has 1 N–H and O–H groups in total. The predicted molar refractivity (Wildman–Crippen MR) is 103 cm³/mol. The van der Waals surface area contributed by atoms with Gasteiger partial charge in [0.15, 0.2) is 12.1 Å². The number of carbonyl (C=O) groups excluding carboxylic acids is 1. The summed E-state index contributed by atoms with van der Waals surface area (Å²) in [6, 6.07) is 3.57. The van der Waals surface area contributed by atoms with Crippen LogP contribution >= 0.6 is 0 Å². The number of carbonyl (C=O) groups is 1. The third kappa shape index (κ3) is 3.36. The van der Waals surface area contributed by atoms with Gasteiger partial charge in [0.05, 0.1) is 11.6 Å². The van der Waals surface area contributed by atoms with Crippen molar-refractivity contribution in [3.05, 3.63) is 40.7 Å². The molecule has 5 heterocycles. The van der Waals surface area contributed by atoms with Crippen molar-refractivity contribution in [2.45, 2.75) is 19.3 Å². The number of halogens is 1. The highest BCUT2D eigenvalue weighted by atomic mass is 35.5. The number of aromatic nitrogens is 5. The molecule has 1 amide bonds. The summed E-state index contributed by atoms with van der Waals surface area (Å²) in [4.78, 5) is 36.3. The first-order valence-electron chi connectivity index (χ1n) is 9.78. The van der Waals surface area contributed by atoms with Crippen LogP contribution in [0.3, 0.4) is 0 Å². The molecule has 11 heteroatoms. The van der Waals surface area contributed by atoms with Crippen molar-refractivity contribution in [3.8, 4) is 5.75 Å². The van der Waals surface area contributed by atoms with Crippen LogP contribution in [0, 0.1) is 0 Å². The fraction of sp³-hybridized carbons (Fsp3) is 0.421. The van der Waals surface area contributed by atoms with E-state index < -0.39 is 0 Å². The molecule has 0 aliphatic carbocycles. The van der Waals surface area contributed by atoms with Crippen LogP contribution in [-0.2, 0) is 7.05 Å². The largest absolute Gasteiger partial charge is 1.00 e. The third-order valence-electron chi connectivity index (χ3n) is 5.43. The van der Waals surface area contributed by atoms with Gasteiger partial charge in [0.2, 0.25) is 17.3 Å². The summed E-state index contributed by atoms with van der Waals surface area (Å²) >= 11 is 0. The van der Waals surface area contributed by atoms with Crippen LogP contribution in [-0.4, -0.2) is 56.2 Å². The average Bonchev–Trinajstić information content (AvgIpc) is 3.06. The second-order valence-electron chi connectivity index (χ2n) is 7.34. The summed E-state index contributed by atoms with van der Waals surface area (Å²) in [6.45, 7) is 2.63. The average molecular weight is 432 g/mol. The van der Waals surface area contributed by atoms with E-state index in [1.807, 2.05) is 9.80 Å². The lowest BCUT2D eigenvalue weighted by atomic mass is 10.1. The van der Waals surface area contributed by atoms with Gasteiger partial charge in [-0.3, -0.25) is 9.78 Å². The highest BCUT2D eigenvalue weighted by Crippen LogP contribution is 2.34. The first-order chi connectivity index (χ1) is 14.1. The fourth-order valence-corrected chi connectivity index (χ4v) is 3.90. The first-order valence-corrected chi connectivity index (χ1v) is 9.78. The Labute approximate surface area is 178 Å². The Morgan fingerprint density at radius 2 is 1.97 bits per heavy atom. The number of likely N-dealkylation sites (tertiary alicyclic amines) is 1. The second kappa shape index (κ2) is 7.94. The molecule has 0 atom stereocenters. The number of aryl methyl sites for hydroxylation is 1. The van der Waals surface area contributed by atoms with Crippen molar-refractivity contribution >= 4 is 23.2 Å². The maximum absolute atomic E-state index is 12.8. The highest BCUT2D eigenvalue weighted by Gasteiger charge is 2.29. The molecule has 5 rings (SSSR count). The standard InChI is InChI=1S/C19H21N7O3.ClH/c1-23-19(28)26-12-21-15(10-16(26)22-23)25-7-8-29-14-9-13(11-20-17(14)25)18(27)24-5-3-2-4-6-24;/h9-12H,2-8H2,1H3;1H. The number of H-pyrrole nitrogens is 1. The number of hydrogen-bond donors (Lipinski definition) is 0. The lowest BCUT2D eigenvalue weighted by Gasteiger charge is -2.28. The number of nitrogens with zero attached hydrogens (tertiary/aromatic N) is 6. The van der Waals surface area contributed by atoms with Crippen LogP contribution in [0.2, 0.25) is 0 Å². The zero-order chi connectivity index (χ0) is 20.0. The Morgan fingerprint density at radius 1 is 1.17 bits per heavy atom. The van der Waals surface area contributed by atoms with Crippen LogP contribution < -0.4 is 32.7 Å². The minimum atomic E-state index is -0.218. The van der Waals surface area contributed by atoms with Gasteiger partial charge in [-0.2, -0.15) is 4.40 Å². The van der Waals surface area contributed by atoms with Crippen molar-refractivity contribution in [2.75, 3.05) is 31.1 Å². The molecule has 3 aromatic rings. The molecule has 2 aliphatic heterocycles. The summed E-state index contributed by atoms with van der Waals surface area (Å²) < 4.78 is 8.53. The highest BCUT2D eigenvalue weighted by molar-refractivity contribution is 5.95. The topological polar surface area (TPSA) is 99.1 Å². The van der Waals surface area contributed by atoms with Crippen LogP contribution in [0.5, 0.6) is 5.75 Å². The van der Waals surface area contributed by atoms with Crippen molar-refractivity contribution in [1.29, 1.82) is 0 Å². The van der Waals surface area contributed by atoms with Gasteiger partial charge in [-0.1, -0.05) is 0 Å². The van der Waals surface area contributed by atoms with Crippen LogP contribution in [0.15, 0.2) is 29.5 Å². The number of amides is 1. The van der Waals surface area contributed by atoms with E-state index in [0.717, 1.165) is 31.7 Å². The summed E-state index contributed by atoms with van der Waals surface area (Å²) in [6.07, 6.45) is 6.46. The lowest BCUT2D eigenvalue weighted by molar-refractivity contribution is -0.369. The Morgan fingerprint density at radius 3 is 2.77 bits per heavy atom. The Bertz CT molecular complexity index is 1150. The number of pyridine rings is 1. The minimum Gasteiger partial charge on any atom is -1.00 e.